The van der Waals surface area contributed by atoms with E-state index in [0.717, 1.165) is 0 Å². The lowest BCUT2D eigenvalue weighted by Gasteiger charge is -2.24. The second-order valence-electron chi connectivity index (χ2n) is 6.30. The topological polar surface area (TPSA) is 101 Å². The molecule has 148 valence electrons. The lowest BCUT2D eigenvalue weighted by Crippen LogP contribution is -2.35. The van der Waals surface area contributed by atoms with Gasteiger partial charge in [0, 0.05) is 18.8 Å². The third-order valence-corrected chi connectivity index (χ3v) is 5.41. The van der Waals surface area contributed by atoms with Crippen LogP contribution in [0.15, 0.2) is 53.4 Å². The number of anilines is 1. The number of nitrogens with two attached hydrogens (primary N) is 1. The van der Waals surface area contributed by atoms with Crippen molar-refractivity contribution in [2.45, 2.75) is 24.2 Å². The Balaban J connectivity index is 0.00000364. The van der Waals surface area contributed by atoms with Gasteiger partial charge >= 0.3 is 0 Å². The maximum Gasteiger partial charge on any atom is 0.240 e. The van der Waals surface area contributed by atoms with Crippen LogP contribution in [0, 0.1) is 5.82 Å². The van der Waals surface area contributed by atoms with E-state index in [1.165, 1.54) is 36.4 Å². The smallest absolute Gasteiger partial charge is 0.240 e. The Kier molecular flexibility index (Phi) is 7.91. The largest absolute Gasteiger partial charge is 0.329 e. The van der Waals surface area contributed by atoms with Crippen LogP contribution in [0.5, 0.6) is 0 Å². The third kappa shape index (κ3) is 5.74. The Morgan fingerprint density at radius 1 is 1.15 bits per heavy atom. The Morgan fingerprint density at radius 3 is 2.44 bits per heavy atom. The van der Waals surface area contributed by atoms with E-state index in [0.29, 0.717) is 11.3 Å². The molecular formula is C18H23ClFN3O3S. The number of sulfonamides is 1. The number of hydrogen-bond acceptors (Lipinski definition) is 4. The zero-order chi connectivity index (χ0) is 19.4. The van der Waals surface area contributed by atoms with Gasteiger partial charge in [0.2, 0.25) is 15.9 Å². The molecule has 0 bridgehead atoms. The summed E-state index contributed by atoms with van der Waals surface area (Å²) in [6, 6.07) is 11.7. The second kappa shape index (κ2) is 9.27. The zero-order valence-corrected chi connectivity index (χ0v) is 16.7. The maximum atomic E-state index is 13.5. The number of benzene rings is 2. The minimum absolute atomic E-state index is 0. The zero-order valence-electron chi connectivity index (χ0n) is 15.0. The molecule has 1 amide bonds. The van der Waals surface area contributed by atoms with Gasteiger partial charge in [-0.25, -0.2) is 17.5 Å². The average molecular weight is 416 g/mol. The summed E-state index contributed by atoms with van der Waals surface area (Å²) in [5.74, 6) is -0.810. The van der Waals surface area contributed by atoms with Crippen LogP contribution in [-0.4, -0.2) is 27.4 Å². The third-order valence-electron chi connectivity index (χ3n) is 3.95. The molecule has 0 spiro atoms. The van der Waals surface area contributed by atoms with Crippen LogP contribution in [0.3, 0.4) is 0 Å². The Morgan fingerprint density at radius 2 is 1.81 bits per heavy atom. The van der Waals surface area contributed by atoms with Crippen LogP contribution in [0.25, 0.3) is 0 Å². The highest BCUT2D eigenvalue weighted by atomic mass is 35.5. The van der Waals surface area contributed by atoms with Gasteiger partial charge in [-0.2, -0.15) is 0 Å². The van der Waals surface area contributed by atoms with Crippen molar-refractivity contribution in [3.8, 4) is 0 Å². The lowest BCUT2D eigenvalue weighted by atomic mass is 9.83. The van der Waals surface area contributed by atoms with Gasteiger partial charge in [0.25, 0.3) is 0 Å². The molecule has 9 heteroatoms. The second-order valence-corrected chi connectivity index (χ2v) is 8.07. The summed E-state index contributed by atoms with van der Waals surface area (Å²) < 4.78 is 40.1. The quantitative estimate of drug-likeness (QED) is 0.646. The highest BCUT2D eigenvalue weighted by Gasteiger charge is 2.30. The number of nitrogens with one attached hydrogen (secondary N) is 2. The minimum Gasteiger partial charge on any atom is -0.329 e. The molecule has 0 aliphatic heterocycles. The Labute approximate surface area is 164 Å². The number of hydrogen-bond donors (Lipinski definition) is 3. The van der Waals surface area contributed by atoms with Gasteiger partial charge in [-0.1, -0.05) is 18.2 Å². The minimum atomic E-state index is -3.70. The fourth-order valence-corrected chi connectivity index (χ4v) is 3.41. The van der Waals surface area contributed by atoms with Gasteiger partial charge in [-0.15, -0.1) is 12.4 Å². The summed E-state index contributed by atoms with van der Waals surface area (Å²) in [5, 5.41) is 2.69. The van der Waals surface area contributed by atoms with Crippen LogP contribution in [0.4, 0.5) is 10.1 Å². The molecule has 2 rings (SSSR count). The Hall–Kier alpha value is -2.00. The predicted octanol–water partition coefficient (Wildman–Crippen LogP) is 2.40. The molecule has 6 nitrogen and oxygen atoms in total. The van der Waals surface area contributed by atoms with Gasteiger partial charge < -0.3 is 11.1 Å². The van der Waals surface area contributed by atoms with Crippen molar-refractivity contribution in [3.05, 3.63) is 59.9 Å². The molecule has 0 fully saturated rings. The highest BCUT2D eigenvalue weighted by Crippen LogP contribution is 2.26. The van der Waals surface area contributed by atoms with Crippen LogP contribution in [0.1, 0.15) is 19.4 Å². The summed E-state index contributed by atoms with van der Waals surface area (Å²) >= 11 is 0. The molecule has 0 aromatic heterocycles. The van der Waals surface area contributed by atoms with Crippen LogP contribution in [-0.2, 0) is 20.2 Å². The van der Waals surface area contributed by atoms with Crippen molar-refractivity contribution in [2.75, 3.05) is 18.4 Å². The molecule has 2 aromatic carbocycles. The van der Waals surface area contributed by atoms with Crippen LogP contribution >= 0.6 is 12.4 Å². The first-order valence-electron chi connectivity index (χ1n) is 8.04. The van der Waals surface area contributed by atoms with E-state index in [1.807, 2.05) is 0 Å². The van der Waals surface area contributed by atoms with E-state index < -0.39 is 21.3 Å². The number of amides is 1. The first-order chi connectivity index (χ1) is 12.2. The SMILES string of the molecule is CC(C)(C(=O)Nc1cccc(S(=O)(=O)NCCN)c1)c1cccc(F)c1.Cl. The van der Waals surface area contributed by atoms with Gasteiger partial charge in [-0.05, 0) is 49.7 Å². The van der Waals surface area contributed by atoms with Gasteiger partial charge in [0.15, 0.2) is 0 Å². The predicted molar refractivity (Wildman–Crippen MR) is 106 cm³/mol. The molecule has 2 aromatic rings. The summed E-state index contributed by atoms with van der Waals surface area (Å²) in [7, 11) is -3.70. The van der Waals surface area contributed by atoms with Gasteiger partial charge in [0.1, 0.15) is 5.82 Å². The monoisotopic (exact) mass is 415 g/mol. The summed E-state index contributed by atoms with van der Waals surface area (Å²) in [6.07, 6.45) is 0. The summed E-state index contributed by atoms with van der Waals surface area (Å²) in [6.45, 7) is 3.63. The van der Waals surface area contributed by atoms with Crippen molar-refractivity contribution in [3.63, 3.8) is 0 Å². The maximum absolute atomic E-state index is 13.5. The van der Waals surface area contributed by atoms with Gasteiger partial charge in [0.05, 0.1) is 10.3 Å². The lowest BCUT2D eigenvalue weighted by molar-refractivity contribution is -0.120. The molecule has 0 heterocycles. The fraction of sp³-hybridized carbons (Fsp3) is 0.278. The fourth-order valence-electron chi connectivity index (χ4n) is 2.31. The van der Waals surface area contributed by atoms with E-state index in [-0.39, 0.29) is 36.3 Å². The van der Waals surface area contributed by atoms with Crippen molar-refractivity contribution < 1.29 is 17.6 Å². The molecule has 0 radical (unpaired) electrons. The van der Waals surface area contributed by atoms with Crippen LogP contribution in [0.2, 0.25) is 0 Å². The van der Waals surface area contributed by atoms with Crippen molar-refractivity contribution in [1.82, 2.24) is 4.72 Å². The van der Waals surface area contributed by atoms with Crippen molar-refractivity contribution in [1.29, 1.82) is 0 Å². The molecule has 0 unspecified atom stereocenters. The van der Waals surface area contributed by atoms with Crippen LogP contribution < -0.4 is 15.8 Å². The first kappa shape index (κ1) is 23.0. The highest BCUT2D eigenvalue weighted by molar-refractivity contribution is 7.89. The molecule has 0 aliphatic rings. The molecule has 0 saturated heterocycles. The number of rotatable bonds is 7. The molecule has 4 N–H and O–H groups in total. The summed E-state index contributed by atoms with van der Waals surface area (Å²) in [4.78, 5) is 12.7. The molecule has 0 atom stereocenters. The van der Waals surface area contributed by atoms with Crippen molar-refractivity contribution >= 4 is 34.0 Å². The van der Waals surface area contributed by atoms with E-state index in [4.69, 9.17) is 5.73 Å². The Bertz CT molecular complexity index is 904. The average Bonchev–Trinajstić information content (AvgIpc) is 2.60. The first-order valence-corrected chi connectivity index (χ1v) is 9.52. The number of carbonyl (C=O) groups excluding carboxylic acids is 1. The van der Waals surface area contributed by atoms with E-state index in [1.54, 1.807) is 26.0 Å². The standard InChI is InChI=1S/C18H22FN3O3S.ClH/c1-18(2,13-5-3-6-14(19)11-13)17(23)22-15-7-4-8-16(12-15)26(24,25)21-10-9-20;/h3-8,11-12,21H,9-10,20H2,1-2H3,(H,22,23);1H. The normalized spacial score (nSPS) is 11.6. The van der Waals surface area contributed by atoms with E-state index in [9.17, 15) is 17.6 Å². The molecular weight excluding hydrogens is 393 g/mol. The summed E-state index contributed by atoms with van der Waals surface area (Å²) in [5.41, 5.74) is 5.15. The van der Waals surface area contributed by atoms with Crippen molar-refractivity contribution in [2.24, 2.45) is 5.73 Å². The van der Waals surface area contributed by atoms with E-state index >= 15 is 0 Å². The van der Waals surface area contributed by atoms with E-state index in [2.05, 4.69) is 10.0 Å². The number of halogens is 2. The number of carbonyl (C=O) groups is 1. The molecule has 0 saturated carbocycles. The molecule has 0 aliphatic carbocycles. The van der Waals surface area contributed by atoms with Gasteiger partial charge in [-0.3, -0.25) is 4.79 Å². The molecule has 27 heavy (non-hydrogen) atoms.